The summed E-state index contributed by atoms with van der Waals surface area (Å²) in [5.41, 5.74) is 3.71. The van der Waals surface area contributed by atoms with Crippen LogP contribution in [-0.2, 0) is 6.54 Å². The third kappa shape index (κ3) is 2.87. The fraction of sp³-hybridized carbons (Fsp3) is 0.100. The number of aromatic nitrogens is 3. The number of Topliss-reactive ketones (excluding diaryl/α,β-unsaturated/α-hetero) is 1. The van der Waals surface area contributed by atoms with Crippen LogP contribution in [0.2, 0.25) is 0 Å². The minimum Gasteiger partial charge on any atom is -0.360 e. The SMILES string of the molecule is C=CCn1c(SCC(=O)c2c[nH]c3ccccc23)nc2ccccc21. The maximum Gasteiger partial charge on any atom is 0.175 e. The van der Waals surface area contributed by atoms with Crippen molar-refractivity contribution in [3.63, 3.8) is 0 Å². The maximum absolute atomic E-state index is 12.7. The van der Waals surface area contributed by atoms with E-state index in [-0.39, 0.29) is 5.78 Å². The van der Waals surface area contributed by atoms with Gasteiger partial charge in [-0.05, 0) is 18.2 Å². The van der Waals surface area contributed by atoms with Crippen molar-refractivity contribution in [1.29, 1.82) is 0 Å². The molecule has 0 bridgehead atoms. The van der Waals surface area contributed by atoms with E-state index >= 15 is 0 Å². The van der Waals surface area contributed by atoms with Gasteiger partial charge in [0.15, 0.2) is 10.9 Å². The van der Waals surface area contributed by atoms with Crippen LogP contribution in [0.5, 0.6) is 0 Å². The van der Waals surface area contributed by atoms with E-state index in [1.54, 1.807) is 6.20 Å². The molecule has 4 nitrogen and oxygen atoms in total. The Morgan fingerprint density at radius 1 is 1.20 bits per heavy atom. The number of nitrogens with zero attached hydrogens (tertiary/aromatic N) is 2. The number of benzene rings is 2. The molecule has 0 aliphatic rings. The summed E-state index contributed by atoms with van der Waals surface area (Å²) in [5.74, 6) is 0.446. The molecule has 0 atom stereocenters. The van der Waals surface area contributed by atoms with Crippen molar-refractivity contribution in [2.45, 2.75) is 11.7 Å². The quantitative estimate of drug-likeness (QED) is 0.313. The first-order valence-corrected chi connectivity index (χ1v) is 9.05. The molecule has 0 aliphatic heterocycles. The number of aromatic amines is 1. The van der Waals surface area contributed by atoms with E-state index in [9.17, 15) is 4.79 Å². The zero-order valence-corrected chi connectivity index (χ0v) is 14.4. The average molecular weight is 347 g/mol. The third-order valence-corrected chi connectivity index (χ3v) is 5.13. The van der Waals surface area contributed by atoms with Crippen LogP contribution in [0.25, 0.3) is 21.9 Å². The van der Waals surface area contributed by atoms with E-state index in [0.29, 0.717) is 12.3 Å². The zero-order chi connectivity index (χ0) is 17.2. The van der Waals surface area contributed by atoms with Gasteiger partial charge in [0.05, 0.1) is 16.8 Å². The van der Waals surface area contributed by atoms with E-state index in [1.807, 2.05) is 54.6 Å². The van der Waals surface area contributed by atoms with Crippen molar-refractivity contribution in [1.82, 2.24) is 14.5 Å². The third-order valence-electron chi connectivity index (χ3n) is 4.15. The van der Waals surface area contributed by atoms with Crippen LogP contribution in [0.3, 0.4) is 0 Å². The van der Waals surface area contributed by atoms with Crippen LogP contribution in [0.1, 0.15) is 10.4 Å². The Morgan fingerprint density at radius 2 is 2.00 bits per heavy atom. The second-order valence-electron chi connectivity index (χ2n) is 5.74. The van der Waals surface area contributed by atoms with Gasteiger partial charge in [-0.1, -0.05) is 48.2 Å². The Bertz CT molecular complexity index is 1080. The van der Waals surface area contributed by atoms with Gasteiger partial charge in [-0.3, -0.25) is 4.79 Å². The number of para-hydroxylation sites is 3. The first-order valence-electron chi connectivity index (χ1n) is 8.06. The number of carbonyl (C=O) groups is 1. The van der Waals surface area contributed by atoms with Crippen molar-refractivity contribution in [3.05, 3.63) is 72.9 Å². The molecule has 0 unspecified atom stereocenters. The van der Waals surface area contributed by atoms with Crippen molar-refractivity contribution in [3.8, 4) is 0 Å². The molecular formula is C20H17N3OS. The monoisotopic (exact) mass is 347 g/mol. The molecular weight excluding hydrogens is 330 g/mol. The molecule has 0 radical (unpaired) electrons. The Hall–Kier alpha value is -2.79. The van der Waals surface area contributed by atoms with Crippen molar-refractivity contribution < 1.29 is 4.79 Å². The normalized spacial score (nSPS) is 11.2. The van der Waals surface area contributed by atoms with Gasteiger partial charge in [-0.2, -0.15) is 0 Å². The highest BCUT2D eigenvalue weighted by Crippen LogP contribution is 2.26. The first-order chi connectivity index (χ1) is 12.3. The largest absolute Gasteiger partial charge is 0.360 e. The molecule has 124 valence electrons. The fourth-order valence-electron chi connectivity index (χ4n) is 2.98. The Kier molecular flexibility index (Phi) is 4.15. The predicted octanol–water partition coefficient (Wildman–Crippen LogP) is 4.68. The Morgan fingerprint density at radius 3 is 2.88 bits per heavy atom. The summed E-state index contributed by atoms with van der Waals surface area (Å²) < 4.78 is 2.09. The Balaban J connectivity index is 1.60. The number of hydrogen-bond donors (Lipinski definition) is 1. The van der Waals surface area contributed by atoms with E-state index in [2.05, 4.69) is 21.1 Å². The van der Waals surface area contributed by atoms with Gasteiger partial charge in [-0.15, -0.1) is 6.58 Å². The molecule has 0 amide bonds. The van der Waals surface area contributed by atoms with Crippen molar-refractivity contribution in [2.24, 2.45) is 0 Å². The van der Waals surface area contributed by atoms with Gasteiger partial charge in [0, 0.05) is 29.2 Å². The van der Waals surface area contributed by atoms with Gasteiger partial charge < -0.3 is 9.55 Å². The fourth-order valence-corrected chi connectivity index (χ4v) is 3.89. The number of rotatable bonds is 6. The summed E-state index contributed by atoms with van der Waals surface area (Å²) in [5, 5.41) is 1.81. The zero-order valence-electron chi connectivity index (χ0n) is 13.6. The van der Waals surface area contributed by atoms with Gasteiger partial charge in [0.25, 0.3) is 0 Å². The lowest BCUT2D eigenvalue weighted by Crippen LogP contribution is -2.04. The summed E-state index contributed by atoms with van der Waals surface area (Å²) in [7, 11) is 0. The molecule has 5 heteroatoms. The first kappa shape index (κ1) is 15.7. The standard InChI is InChI=1S/C20H17N3OS/c1-2-11-23-18-10-6-5-9-17(18)22-20(23)25-13-19(24)15-12-21-16-8-4-3-7-14(15)16/h2-10,12,21H,1,11,13H2. The second kappa shape index (κ2) is 6.61. The summed E-state index contributed by atoms with van der Waals surface area (Å²) in [6, 6.07) is 15.8. The van der Waals surface area contributed by atoms with E-state index in [4.69, 9.17) is 0 Å². The number of carbonyl (C=O) groups excluding carboxylic acids is 1. The lowest BCUT2D eigenvalue weighted by atomic mass is 10.1. The summed E-state index contributed by atoms with van der Waals surface area (Å²) >= 11 is 1.47. The number of hydrogen-bond acceptors (Lipinski definition) is 3. The highest BCUT2D eigenvalue weighted by atomic mass is 32.2. The van der Waals surface area contributed by atoms with Gasteiger partial charge in [0.2, 0.25) is 0 Å². The number of allylic oxidation sites excluding steroid dienone is 1. The van der Waals surface area contributed by atoms with Gasteiger partial charge in [-0.25, -0.2) is 4.98 Å². The maximum atomic E-state index is 12.7. The van der Waals surface area contributed by atoms with Gasteiger partial charge in [0.1, 0.15) is 0 Å². The Labute approximate surface area is 149 Å². The van der Waals surface area contributed by atoms with E-state index in [1.165, 1.54) is 11.8 Å². The van der Waals surface area contributed by atoms with Crippen molar-refractivity contribution in [2.75, 3.05) is 5.75 Å². The minimum absolute atomic E-state index is 0.0969. The van der Waals surface area contributed by atoms with Crippen LogP contribution < -0.4 is 0 Å². The summed E-state index contributed by atoms with van der Waals surface area (Å²) in [6.07, 6.45) is 3.64. The lowest BCUT2D eigenvalue weighted by Gasteiger charge is -2.05. The molecule has 0 saturated heterocycles. The number of fused-ring (bicyclic) bond motifs is 2. The molecule has 0 spiro atoms. The van der Waals surface area contributed by atoms with E-state index < -0.39 is 0 Å². The number of H-pyrrole nitrogens is 1. The van der Waals surface area contributed by atoms with Crippen LogP contribution >= 0.6 is 11.8 Å². The molecule has 0 aliphatic carbocycles. The summed E-state index contributed by atoms with van der Waals surface area (Å²) in [4.78, 5) is 20.5. The lowest BCUT2D eigenvalue weighted by molar-refractivity contribution is 0.102. The molecule has 25 heavy (non-hydrogen) atoms. The number of ketones is 1. The van der Waals surface area contributed by atoms with Crippen LogP contribution in [0.15, 0.2) is 72.5 Å². The van der Waals surface area contributed by atoms with Gasteiger partial charge >= 0.3 is 0 Å². The van der Waals surface area contributed by atoms with Crippen LogP contribution in [0, 0.1) is 0 Å². The predicted molar refractivity (Wildman–Crippen MR) is 103 cm³/mol. The molecule has 2 aromatic heterocycles. The van der Waals surface area contributed by atoms with Crippen molar-refractivity contribution >= 4 is 39.5 Å². The summed E-state index contributed by atoms with van der Waals surface area (Å²) in [6.45, 7) is 4.50. The smallest absolute Gasteiger partial charge is 0.175 e. The molecule has 2 aromatic carbocycles. The molecule has 1 N–H and O–H groups in total. The topological polar surface area (TPSA) is 50.7 Å². The average Bonchev–Trinajstić information content (AvgIpc) is 3.22. The number of nitrogens with one attached hydrogen (secondary N) is 1. The second-order valence-corrected chi connectivity index (χ2v) is 6.68. The van der Waals surface area contributed by atoms with Crippen LogP contribution in [0.4, 0.5) is 0 Å². The van der Waals surface area contributed by atoms with E-state index in [0.717, 1.165) is 32.7 Å². The number of imidazole rings is 1. The van der Waals surface area contributed by atoms with Crippen LogP contribution in [-0.4, -0.2) is 26.1 Å². The minimum atomic E-state index is 0.0969. The molecule has 0 saturated carbocycles. The molecule has 0 fully saturated rings. The number of thioether (sulfide) groups is 1. The molecule has 2 heterocycles. The highest BCUT2D eigenvalue weighted by Gasteiger charge is 2.15. The molecule has 4 aromatic rings. The molecule has 4 rings (SSSR count). The highest BCUT2D eigenvalue weighted by molar-refractivity contribution is 7.99.